The van der Waals surface area contributed by atoms with Crippen molar-refractivity contribution >= 4 is 29.5 Å². The highest BCUT2D eigenvalue weighted by molar-refractivity contribution is 6.29. The summed E-state index contributed by atoms with van der Waals surface area (Å²) in [5.74, 6) is -0.0706. The Morgan fingerprint density at radius 1 is 1.09 bits per heavy atom. The fourth-order valence-corrected chi connectivity index (χ4v) is 3.94. The monoisotopic (exact) mass is 488 g/mol. The zero-order valence-corrected chi connectivity index (χ0v) is 20.9. The number of hydrogen-bond acceptors (Lipinski definition) is 7. The van der Waals surface area contributed by atoms with E-state index in [0.717, 1.165) is 0 Å². The molecule has 2 aromatic rings. The average molecular weight is 489 g/mol. The number of aryl methyl sites for hydroxylation is 1. The topological polar surface area (TPSA) is 118 Å². The quantitative estimate of drug-likeness (QED) is 0.660. The molecule has 34 heavy (non-hydrogen) atoms. The van der Waals surface area contributed by atoms with Crippen LogP contribution in [0.1, 0.15) is 55.6 Å². The number of aromatic nitrogens is 3. The van der Waals surface area contributed by atoms with Gasteiger partial charge in [-0.1, -0.05) is 11.6 Å². The van der Waals surface area contributed by atoms with Gasteiger partial charge in [-0.2, -0.15) is 0 Å². The Hall–Kier alpha value is -3.27. The minimum absolute atomic E-state index is 0.122. The van der Waals surface area contributed by atoms with Gasteiger partial charge in [0.2, 0.25) is 5.91 Å². The molecule has 0 unspecified atom stereocenters. The molecule has 11 heteroatoms. The van der Waals surface area contributed by atoms with Crippen molar-refractivity contribution in [3.8, 4) is 11.4 Å². The Kier molecular flexibility index (Phi) is 7.40. The molecule has 182 valence electrons. The van der Waals surface area contributed by atoms with Crippen LogP contribution in [0.15, 0.2) is 18.2 Å². The number of hydrogen-bond donors (Lipinski definition) is 1. The molecule has 0 saturated carbocycles. The van der Waals surface area contributed by atoms with E-state index in [1.165, 1.54) is 20.0 Å². The first kappa shape index (κ1) is 25.4. The molecule has 3 rings (SSSR count). The number of ether oxygens (including phenoxy) is 1. The number of carbonyl (C=O) groups is 3. The average Bonchev–Trinajstić information content (AvgIpc) is 2.76. The second kappa shape index (κ2) is 9.92. The first-order chi connectivity index (χ1) is 15.9. The normalized spacial score (nSPS) is 16.3. The van der Waals surface area contributed by atoms with Crippen molar-refractivity contribution < 1.29 is 19.1 Å². The van der Waals surface area contributed by atoms with Gasteiger partial charge in [-0.15, -0.1) is 0 Å². The van der Waals surface area contributed by atoms with Gasteiger partial charge in [-0.25, -0.2) is 19.7 Å². The van der Waals surface area contributed by atoms with Gasteiger partial charge in [-0.05, 0) is 51.5 Å². The molecule has 1 fully saturated rings. The van der Waals surface area contributed by atoms with Crippen LogP contribution in [0.5, 0.6) is 0 Å². The Morgan fingerprint density at radius 2 is 1.76 bits per heavy atom. The maximum atomic E-state index is 12.7. The molecule has 1 atom stereocenters. The number of piperazine rings is 1. The largest absolute Gasteiger partial charge is 0.444 e. The Morgan fingerprint density at radius 3 is 2.38 bits per heavy atom. The van der Waals surface area contributed by atoms with Crippen LogP contribution < -0.4 is 5.32 Å². The summed E-state index contributed by atoms with van der Waals surface area (Å²) in [5, 5.41) is 2.74. The van der Waals surface area contributed by atoms with Crippen molar-refractivity contribution in [2.45, 2.75) is 46.3 Å². The summed E-state index contributed by atoms with van der Waals surface area (Å²) in [4.78, 5) is 53.4. The van der Waals surface area contributed by atoms with Crippen LogP contribution in [0.3, 0.4) is 0 Å². The highest BCUT2D eigenvalue weighted by Gasteiger charge is 2.34. The van der Waals surface area contributed by atoms with Gasteiger partial charge in [0.15, 0.2) is 0 Å². The molecule has 10 nitrogen and oxygen atoms in total. The van der Waals surface area contributed by atoms with Crippen LogP contribution in [0.2, 0.25) is 5.15 Å². The summed E-state index contributed by atoms with van der Waals surface area (Å²) >= 11 is 6.36. The van der Waals surface area contributed by atoms with E-state index < -0.39 is 17.7 Å². The highest BCUT2D eigenvalue weighted by Crippen LogP contribution is 2.31. The van der Waals surface area contributed by atoms with E-state index in [1.54, 1.807) is 49.6 Å². The minimum atomic E-state index is -0.634. The van der Waals surface area contributed by atoms with Gasteiger partial charge in [0.05, 0.1) is 17.4 Å². The Balaban J connectivity index is 2.00. The third-order valence-corrected chi connectivity index (χ3v) is 5.39. The van der Waals surface area contributed by atoms with Gasteiger partial charge in [0, 0.05) is 33.6 Å². The zero-order chi connectivity index (χ0) is 25.2. The maximum absolute atomic E-state index is 12.7. The summed E-state index contributed by atoms with van der Waals surface area (Å²) in [5.41, 5.74) is 1.11. The summed E-state index contributed by atoms with van der Waals surface area (Å²) < 4.78 is 5.52. The van der Waals surface area contributed by atoms with E-state index >= 15 is 0 Å². The predicted molar refractivity (Wildman–Crippen MR) is 126 cm³/mol. The van der Waals surface area contributed by atoms with Crippen molar-refractivity contribution in [1.29, 1.82) is 0 Å². The van der Waals surface area contributed by atoms with Crippen molar-refractivity contribution in [2.24, 2.45) is 0 Å². The fourth-order valence-electron chi connectivity index (χ4n) is 3.72. The van der Waals surface area contributed by atoms with Gasteiger partial charge in [0.25, 0.3) is 5.91 Å². The molecule has 3 heterocycles. The minimum Gasteiger partial charge on any atom is -0.444 e. The van der Waals surface area contributed by atoms with E-state index in [2.05, 4.69) is 20.3 Å². The SMILES string of the molecule is CNC(=O)c1cc(-c2cc([C@@H]3CN(C(=O)OC(C)(C)C)CCN3C(C)=O)cc(Cl)n2)nc(C)n1. The molecule has 1 aliphatic rings. The summed E-state index contributed by atoms with van der Waals surface area (Å²) in [6, 6.07) is 4.50. The fraction of sp³-hybridized carbons (Fsp3) is 0.478. The molecule has 1 aliphatic heterocycles. The lowest BCUT2D eigenvalue weighted by Crippen LogP contribution is -2.52. The zero-order valence-electron chi connectivity index (χ0n) is 20.2. The first-order valence-electron chi connectivity index (χ1n) is 10.9. The molecule has 3 amide bonds. The maximum Gasteiger partial charge on any atom is 0.410 e. The lowest BCUT2D eigenvalue weighted by molar-refractivity contribution is -0.134. The number of halogens is 1. The van der Waals surface area contributed by atoms with Gasteiger partial charge >= 0.3 is 6.09 Å². The van der Waals surface area contributed by atoms with Crippen LogP contribution in [0.4, 0.5) is 4.79 Å². The van der Waals surface area contributed by atoms with Crippen LogP contribution in [0, 0.1) is 6.92 Å². The van der Waals surface area contributed by atoms with E-state index in [9.17, 15) is 14.4 Å². The molecule has 0 bridgehead atoms. The van der Waals surface area contributed by atoms with Gasteiger partial charge in [0.1, 0.15) is 22.3 Å². The summed E-state index contributed by atoms with van der Waals surface area (Å²) in [6.45, 7) is 9.53. The number of nitrogens with zero attached hydrogens (tertiary/aromatic N) is 5. The lowest BCUT2D eigenvalue weighted by Gasteiger charge is -2.41. The highest BCUT2D eigenvalue weighted by atomic mass is 35.5. The van der Waals surface area contributed by atoms with Gasteiger partial charge in [-0.3, -0.25) is 9.59 Å². The number of carbonyl (C=O) groups excluding carboxylic acids is 3. The molecule has 0 radical (unpaired) electrons. The van der Waals surface area contributed by atoms with E-state index in [1.807, 2.05) is 0 Å². The second-order valence-corrected chi connectivity index (χ2v) is 9.42. The second-order valence-electron chi connectivity index (χ2n) is 9.03. The Labute approximate surface area is 203 Å². The molecule has 1 saturated heterocycles. The van der Waals surface area contributed by atoms with Crippen LogP contribution in [-0.4, -0.2) is 74.9 Å². The summed E-state index contributed by atoms with van der Waals surface area (Å²) in [7, 11) is 1.52. The van der Waals surface area contributed by atoms with Crippen LogP contribution in [0.25, 0.3) is 11.4 Å². The van der Waals surface area contributed by atoms with E-state index in [4.69, 9.17) is 16.3 Å². The lowest BCUT2D eigenvalue weighted by atomic mass is 10.0. The molecule has 0 spiro atoms. The number of rotatable bonds is 3. The van der Waals surface area contributed by atoms with E-state index in [0.29, 0.717) is 35.9 Å². The summed E-state index contributed by atoms with van der Waals surface area (Å²) in [6.07, 6.45) is -0.442. The van der Waals surface area contributed by atoms with Crippen molar-refractivity contribution in [3.05, 3.63) is 40.4 Å². The molecule has 0 aliphatic carbocycles. The molecule has 0 aromatic carbocycles. The van der Waals surface area contributed by atoms with Gasteiger partial charge < -0.3 is 19.9 Å². The Bertz CT molecular complexity index is 1120. The smallest absolute Gasteiger partial charge is 0.410 e. The first-order valence-corrected chi connectivity index (χ1v) is 11.3. The number of nitrogens with one attached hydrogen (secondary N) is 1. The molecular weight excluding hydrogens is 460 g/mol. The molecular formula is C23H29ClN6O4. The molecule has 2 aromatic heterocycles. The third kappa shape index (κ3) is 5.99. The predicted octanol–water partition coefficient (Wildman–Crippen LogP) is 3.00. The number of amides is 3. The molecule has 1 N–H and O–H groups in total. The van der Waals surface area contributed by atoms with E-state index in [-0.39, 0.29) is 29.2 Å². The van der Waals surface area contributed by atoms with Crippen molar-refractivity contribution in [2.75, 3.05) is 26.7 Å². The van der Waals surface area contributed by atoms with Crippen molar-refractivity contribution in [3.63, 3.8) is 0 Å². The third-order valence-electron chi connectivity index (χ3n) is 5.20. The van der Waals surface area contributed by atoms with Crippen LogP contribution in [-0.2, 0) is 9.53 Å². The standard InChI is InChI=1S/C23H29ClN6O4/c1-13-26-17(11-18(27-13)21(32)25-6)16-9-15(10-20(24)28-16)19-12-29(7-8-30(19)14(2)31)22(33)34-23(3,4)5/h9-11,19H,7-8,12H2,1-6H3,(H,25,32)/t19-/m0/s1. The van der Waals surface area contributed by atoms with Crippen molar-refractivity contribution in [1.82, 2.24) is 30.1 Å². The van der Waals surface area contributed by atoms with Crippen LogP contribution >= 0.6 is 11.6 Å². The number of pyridine rings is 1.